The van der Waals surface area contributed by atoms with Crippen LogP contribution in [0.4, 0.5) is 5.13 Å². The highest BCUT2D eigenvalue weighted by Gasteiger charge is 2.24. The maximum atomic E-state index is 12.4. The van der Waals surface area contributed by atoms with Crippen LogP contribution in [0.25, 0.3) is 10.2 Å². The van der Waals surface area contributed by atoms with Gasteiger partial charge in [0, 0.05) is 26.2 Å². The summed E-state index contributed by atoms with van der Waals surface area (Å²) in [6.07, 6.45) is 3.06. The zero-order valence-corrected chi connectivity index (χ0v) is 13.2. The van der Waals surface area contributed by atoms with Gasteiger partial charge < -0.3 is 9.80 Å². The lowest BCUT2D eigenvalue weighted by atomic mass is 10.2. The Bertz CT molecular complexity index is 794. The molecular weight excluding hydrogens is 310 g/mol. The Kier molecular flexibility index (Phi) is 3.63. The monoisotopic (exact) mass is 325 g/mol. The van der Waals surface area contributed by atoms with Crippen molar-refractivity contribution in [1.29, 1.82) is 0 Å². The molecule has 0 saturated carbocycles. The minimum atomic E-state index is 0.0175. The predicted octanol–water partition coefficient (Wildman–Crippen LogP) is 2.05. The average molecular weight is 325 g/mol. The molecule has 2 aromatic heterocycles. The van der Waals surface area contributed by atoms with Crippen LogP contribution in [0.5, 0.6) is 0 Å². The molecule has 1 aromatic carbocycles. The van der Waals surface area contributed by atoms with E-state index in [4.69, 9.17) is 0 Å². The van der Waals surface area contributed by atoms with Gasteiger partial charge in [-0.3, -0.25) is 4.79 Å². The maximum absolute atomic E-state index is 12.4. The van der Waals surface area contributed by atoms with E-state index in [0.29, 0.717) is 18.7 Å². The SMILES string of the molecule is O=C(c1ccnnc1)N1CCN(c2nc3ccccc3s2)CC1. The van der Waals surface area contributed by atoms with E-state index in [2.05, 4.69) is 26.1 Å². The molecule has 0 atom stereocenters. The van der Waals surface area contributed by atoms with Gasteiger partial charge in [0.05, 0.1) is 28.2 Å². The molecule has 6 nitrogen and oxygen atoms in total. The van der Waals surface area contributed by atoms with Gasteiger partial charge in [0.2, 0.25) is 0 Å². The Morgan fingerprint density at radius 1 is 1.04 bits per heavy atom. The summed E-state index contributed by atoms with van der Waals surface area (Å²) in [7, 11) is 0. The van der Waals surface area contributed by atoms with E-state index in [1.165, 1.54) is 10.9 Å². The van der Waals surface area contributed by atoms with Crippen LogP contribution >= 0.6 is 11.3 Å². The normalized spacial score (nSPS) is 15.1. The first-order valence-electron chi connectivity index (χ1n) is 7.48. The van der Waals surface area contributed by atoms with Gasteiger partial charge in [0.1, 0.15) is 0 Å². The smallest absolute Gasteiger partial charge is 0.255 e. The molecular formula is C16H15N5OS. The van der Waals surface area contributed by atoms with Crippen LogP contribution in [0.2, 0.25) is 0 Å². The van der Waals surface area contributed by atoms with Crippen molar-refractivity contribution in [3.05, 3.63) is 48.3 Å². The van der Waals surface area contributed by atoms with E-state index in [1.807, 2.05) is 23.1 Å². The summed E-state index contributed by atoms with van der Waals surface area (Å²) in [6.45, 7) is 2.97. The first kappa shape index (κ1) is 14.1. The average Bonchev–Trinajstić information content (AvgIpc) is 3.06. The van der Waals surface area contributed by atoms with Crippen LogP contribution < -0.4 is 4.90 Å². The third-order valence-corrected chi connectivity index (χ3v) is 5.05. The predicted molar refractivity (Wildman–Crippen MR) is 89.8 cm³/mol. The number of para-hydroxylation sites is 1. The molecule has 0 aliphatic carbocycles. The van der Waals surface area contributed by atoms with Gasteiger partial charge in [-0.2, -0.15) is 10.2 Å². The summed E-state index contributed by atoms with van der Waals surface area (Å²) >= 11 is 1.70. The highest BCUT2D eigenvalue weighted by molar-refractivity contribution is 7.22. The van der Waals surface area contributed by atoms with Crippen molar-refractivity contribution < 1.29 is 4.79 Å². The lowest BCUT2D eigenvalue weighted by Crippen LogP contribution is -2.48. The number of thiazole rings is 1. The molecule has 4 rings (SSSR count). The van der Waals surface area contributed by atoms with Gasteiger partial charge in [-0.25, -0.2) is 4.98 Å². The van der Waals surface area contributed by atoms with Crippen molar-refractivity contribution >= 4 is 32.6 Å². The number of carbonyl (C=O) groups is 1. The first-order valence-corrected chi connectivity index (χ1v) is 8.29. The molecule has 1 amide bonds. The fourth-order valence-electron chi connectivity index (χ4n) is 2.70. The minimum absolute atomic E-state index is 0.0175. The maximum Gasteiger partial charge on any atom is 0.255 e. The second-order valence-corrected chi connectivity index (χ2v) is 6.38. The quantitative estimate of drug-likeness (QED) is 0.721. The Labute approximate surface area is 137 Å². The summed E-state index contributed by atoms with van der Waals surface area (Å²) in [5.41, 5.74) is 1.63. The van der Waals surface area contributed by atoms with E-state index in [-0.39, 0.29) is 5.91 Å². The molecule has 3 heterocycles. The number of hydrogen-bond donors (Lipinski definition) is 0. The molecule has 23 heavy (non-hydrogen) atoms. The van der Waals surface area contributed by atoms with Crippen molar-refractivity contribution in [1.82, 2.24) is 20.1 Å². The summed E-state index contributed by atoms with van der Waals surface area (Å²) in [5, 5.41) is 8.51. The number of aromatic nitrogens is 3. The molecule has 1 fully saturated rings. The molecule has 1 aliphatic rings. The number of anilines is 1. The largest absolute Gasteiger partial charge is 0.345 e. The Morgan fingerprint density at radius 2 is 1.87 bits per heavy atom. The second-order valence-electron chi connectivity index (χ2n) is 5.37. The highest BCUT2D eigenvalue weighted by Crippen LogP contribution is 2.29. The van der Waals surface area contributed by atoms with Gasteiger partial charge in [-0.05, 0) is 18.2 Å². The summed E-state index contributed by atoms with van der Waals surface area (Å²) in [5.74, 6) is 0.0175. The van der Waals surface area contributed by atoms with Gasteiger partial charge in [-0.1, -0.05) is 23.5 Å². The molecule has 0 N–H and O–H groups in total. The van der Waals surface area contributed by atoms with E-state index in [0.717, 1.165) is 23.7 Å². The number of hydrogen-bond acceptors (Lipinski definition) is 6. The lowest BCUT2D eigenvalue weighted by Gasteiger charge is -2.34. The number of benzene rings is 1. The zero-order chi connectivity index (χ0) is 15.6. The first-order chi connectivity index (χ1) is 11.3. The van der Waals surface area contributed by atoms with E-state index >= 15 is 0 Å². The van der Waals surface area contributed by atoms with Crippen LogP contribution in [-0.4, -0.2) is 52.2 Å². The molecule has 1 aliphatic heterocycles. The molecule has 7 heteroatoms. The molecule has 0 unspecified atom stereocenters. The topological polar surface area (TPSA) is 62.2 Å². The molecule has 116 valence electrons. The van der Waals surface area contributed by atoms with E-state index in [9.17, 15) is 4.79 Å². The molecule has 1 saturated heterocycles. The van der Waals surface area contributed by atoms with Crippen LogP contribution in [0.3, 0.4) is 0 Å². The Morgan fingerprint density at radius 3 is 2.61 bits per heavy atom. The van der Waals surface area contributed by atoms with Gasteiger partial charge in [0.25, 0.3) is 5.91 Å². The molecule has 0 spiro atoms. The number of amides is 1. The third-order valence-electron chi connectivity index (χ3n) is 3.95. The summed E-state index contributed by atoms with van der Waals surface area (Å²) in [4.78, 5) is 21.2. The van der Waals surface area contributed by atoms with E-state index < -0.39 is 0 Å². The highest BCUT2D eigenvalue weighted by atomic mass is 32.1. The van der Waals surface area contributed by atoms with E-state index in [1.54, 1.807) is 23.6 Å². The second kappa shape index (κ2) is 5.92. The molecule has 3 aromatic rings. The lowest BCUT2D eigenvalue weighted by molar-refractivity contribution is 0.0746. The van der Waals surface area contributed by atoms with Crippen molar-refractivity contribution in [3.63, 3.8) is 0 Å². The standard InChI is InChI=1S/C16H15N5OS/c22-15(12-5-6-17-18-11-12)20-7-9-21(10-8-20)16-19-13-3-1-2-4-14(13)23-16/h1-6,11H,7-10H2. The summed E-state index contributed by atoms with van der Waals surface area (Å²) in [6, 6.07) is 9.86. The number of piperazine rings is 1. The van der Waals surface area contributed by atoms with Gasteiger partial charge in [0.15, 0.2) is 5.13 Å². The van der Waals surface area contributed by atoms with Crippen LogP contribution in [0, 0.1) is 0 Å². The fourth-order valence-corrected chi connectivity index (χ4v) is 3.71. The van der Waals surface area contributed by atoms with Gasteiger partial charge in [-0.15, -0.1) is 0 Å². The van der Waals surface area contributed by atoms with Gasteiger partial charge >= 0.3 is 0 Å². The van der Waals surface area contributed by atoms with Crippen molar-refractivity contribution in [2.75, 3.05) is 31.1 Å². The molecule has 0 radical (unpaired) electrons. The Hall–Kier alpha value is -2.54. The third kappa shape index (κ3) is 2.75. The number of carbonyl (C=O) groups excluding carboxylic acids is 1. The number of rotatable bonds is 2. The zero-order valence-electron chi connectivity index (χ0n) is 12.4. The van der Waals surface area contributed by atoms with Crippen molar-refractivity contribution in [2.45, 2.75) is 0 Å². The van der Waals surface area contributed by atoms with Crippen LogP contribution in [0.1, 0.15) is 10.4 Å². The summed E-state index contributed by atoms with van der Waals surface area (Å²) < 4.78 is 1.20. The number of fused-ring (bicyclic) bond motifs is 1. The fraction of sp³-hybridized carbons (Fsp3) is 0.250. The van der Waals surface area contributed by atoms with Crippen LogP contribution in [0.15, 0.2) is 42.7 Å². The molecule has 0 bridgehead atoms. The van der Waals surface area contributed by atoms with Crippen molar-refractivity contribution in [2.24, 2.45) is 0 Å². The number of nitrogens with zero attached hydrogens (tertiary/aromatic N) is 5. The minimum Gasteiger partial charge on any atom is -0.345 e. The Balaban J connectivity index is 1.45. The van der Waals surface area contributed by atoms with Crippen molar-refractivity contribution in [3.8, 4) is 0 Å². The van der Waals surface area contributed by atoms with Crippen LogP contribution in [-0.2, 0) is 0 Å².